The molecule has 0 spiro atoms. The van der Waals surface area contributed by atoms with Gasteiger partial charge >= 0.3 is 0 Å². The first kappa shape index (κ1) is 15.0. The minimum absolute atomic E-state index is 0.569. The molecule has 0 N–H and O–H groups in total. The molecule has 0 heterocycles. The monoisotopic (exact) mass is 212 g/mol. The highest BCUT2D eigenvalue weighted by molar-refractivity contribution is 4.78. The summed E-state index contributed by atoms with van der Waals surface area (Å²) in [4.78, 5) is 0. The Balaban J connectivity index is 4.29. The molecule has 0 heteroatoms. The summed E-state index contributed by atoms with van der Waals surface area (Å²) in [5.74, 6) is 2.57. The molecule has 0 radical (unpaired) electrons. The molecule has 0 aliphatic heterocycles. The number of hydrogen-bond donors (Lipinski definition) is 0. The zero-order valence-corrected chi connectivity index (χ0v) is 12.1. The van der Waals surface area contributed by atoms with Gasteiger partial charge in [0.15, 0.2) is 0 Å². The van der Waals surface area contributed by atoms with Gasteiger partial charge in [-0.3, -0.25) is 0 Å². The molecule has 0 saturated carbocycles. The van der Waals surface area contributed by atoms with E-state index in [0.717, 1.165) is 17.8 Å². The van der Waals surface area contributed by atoms with Gasteiger partial charge in [0.2, 0.25) is 0 Å². The summed E-state index contributed by atoms with van der Waals surface area (Å²) in [6.45, 7) is 16.7. The van der Waals surface area contributed by atoms with Crippen LogP contribution in [0.5, 0.6) is 0 Å². The average molecular weight is 212 g/mol. The van der Waals surface area contributed by atoms with Crippen molar-refractivity contribution in [3.8, 4) is 0 Å². The molecule has 0 amide bonds. The summed E-state index contributed by atoms with van der Waals surface area (Å²) in [7, 11) is 0. The van der Waals surface area contributed by atoms with E-state index in [9.17, 15) is 0 Å². The molecule has 92 valence electrons. The van der Waals surface area contributed by atoms with E-state index in [1.807, 2.05) is 0 Å². The minimum atomic E-state index is 0.569. The molecule has 0 aromatic carbocycles. The molecular formula is C15H32. The van der Waals surface area contributed by atoms with Crippen LogP contribution in [0.15, 0.2) is 0 Å². The predicted octanol–water partition coefficient (Wildman–Crippen LogP) is 5.52. The van der Waals surface area contributed by atoms with Crippen LogP contribution in [-0.4, -0.2) is 0 Å². The average Bonchev–Trinajstić information content (AvgIpc) is 2.17. The molecular weight excluding hydrogens is 180 g/mol. The molecule has 3 unspecified atom stereocenters. The Morgan fingerprint density at radius 3 is 1.80 bits per heavy atom. The number of hydrogen-bond acceptors (Lipinski definition) is 0. The van der Waals surface area contributed by atoms with Gasteiger partial charge in [-0.2, -0.15) is 0 Å². The largest absolute Gasteiger partial charge is 0.0651 e. The van der Waals surface area contributed by atoms with E-state index in [1.165, 1.54) is 25.7 Å². The molecule has 15 heavy (non-hydrogen) atoms. The fourth-order valence-electron chi connectivity index (χ4n) is 2.37. The normalized spacial score (nSPS) is 20.0. The van der Waals surface area contributed by atoms with E-state index in [-0.39, 0.29) is 0 Å². The summed E-state index contributed by atoms with van der Waals surface area (Å²) in [5, 5.41) is 0. The summed E-state index contributed by atoms with van der Waals surface area (Å²) < 4.78 is 0. The van der Waals surface area contributed by atoms with E-state index in [2.05, 4.69) is 48.5 Å². The van der Waals surface area contributed by atoms with E-state index in [4.69, 9.17) is 0 Å². The van der Waals surface area contributed by atoms with Gasteiger partial charge in [0.05, 0.1) is 0 Å². The number of rotatable bonds is 7. The van der Waals surface area contributed by atoms with Gasteiger partial charge in [-0.1, -0.05) is 61.3 Å². The molecule has 0 rings (SSSR count). The highest BCUT2D eigenvalue weighted by Gasteiger charge is 2.27. The Bertz CT molecular complexity index is 159. The SMILES string of the molecule is CCC(C)CC(C)(CC)CC(C)C(C)C. The second-order valence-corrected chi connectivity index (χ2v) is 6.31. The molecule has 0 aliphatic rings. The van der Waals surface area contributed by atoms with Crippen molar-refractivity contribution in [3.05, 3.63) is 0 Å². The summed E-state index contributed by atoms with van der Waals surface area (Å²) in [6, 6.07) is 0. The molecule has 0 bridgehead atoms. The van der Waals surface area contributed by atoms with Crippen LogP contribution >= 0.6 is 0 Å². The first-order valence-corrected chi connectivity index (χ1v) is 6.84. The molecule has 0 aromatic rings. The van der Waals surface area contributed by atoms with Crippen molar-refractivity contribution in [1.82, 2.24) is 0 Å². The first-order valence-electron chi connectivity index (χ1n) is 6.84. The van der Waals surface area contributed by atoms with Crippen LogP contribution in [0, 0.1) is 23.2 Å². The van der Waals surface area contributed by atoms with Crippen molar-refractivity contribution >= 4 is 0 Å². The van der Waals surface area contributed by atoms with Gasteiger partial charge in [0.25, 0.3) is 0 Å². The fraction of sp³-hybridized carbons (Fsp3) is 1.00. The first-order chi connectivity index (χ1) is 6.84. The Morgan fingerprint density at radius 2 is 1.47 bits per heavy atom. The fourth-order valence-corrected chi connectivity index (χ4v) is 2.37. The van der Waals surface area contributed by atoms with Crippen molar-refractivity contribution in [2.24, 2.45) is 23.2 Å². The van der Waals surface area contributed by atoms with E-state index >= 15 is 0 Å². The lowest BCUT2D eigenvalue weighted by Crippen LogP contribution is -2.23. The van der Waals surface area contributed by atoms with Crippen LogP contribution in [0.25, 0.3) is 0 Å². The zero-order chi connectivity index (χ0) is 12.1. The van der Waals surface area contributed by atoms with E-state index < -0.39 is 0 Å². The summed E-state index contributed by atoms with van der Waals surface area (Å²) in [6.07, 6.45) is 5.45. The topological polar surface area (TPSA) is 0 Å². The van der Waals surface area contributed by atoms with Crippen LogP contribution in [0.1, 0.15) is 74.1 Å². The molecule has 0 aliphatic carbocycles. The van der Waals surface area contributed by atoms with Crippen LogP contribution in [0.4, 0.5) is 0 Å². The third-order valence-electron chi connectivity index (χ3n) is 4.34. The Kier molecular flexibility index (Phi) is 6.55. The second-order valence-electron chi connectivity index (χ2n) is 6.31. The van der Waals surface area contributed by atoms with Gasteiger partial charge in [-0.15, -0.1) is 0 Å². The quantitative estimate of drug-likeness (QED) is 0.521. The molecule has 3 atom stereocenters. The molecule has 0 aromatic heterocycles. The van der Waals surface area contributed by atoms with Gasteiger partial charge < -0.3 is 0 Å². The smallest absolute Gasteiger partial charge is 0.0323 e. The highest BCUT2D eigenvalue weighted by Crippen LogP contribution is 2.38. The van der Waals surface area contributed by atoms with Crippen LogP contribution in [-0.2, 0) is 0 Å². The van der Waals surface area contributed by atoms with Crippen molar-refractivity contribution < 1.29 is 0 Å². The van der Waals surface area contributed by atoms with E-state index in [0.29, 0.717) is 5.41 Å². The second kappa shape index (κ2) is 6.55. The van der Waals surface area contributed by atoms with Gasteiger partial charge in [-0.05, 0) is 36.0 Å². The highest BCUT2D eigenvalue weighted by atomic mass is 14.3. The summed E-state index contributed by atoms with van der Waals surface area (Å²) in [5.41, 5.74) is 0.569. The lowest BCUT2D eigenvalue weighted by atomic mass is 9.71. The summed E-state index contributed by atoms with van der Waals surface area (Å²) >= 11 is 0. The maximum Gasteiger partial charge on any atom is -0.0323 e. The lowest BCUT2D eigenvalue weighted by Gasteiger charge is -2.35. The van der Waals surface area contributed by atoms with Crippen molar-refractivity contribution in [2.45, 2.75) is 74.1 Å². The van der Waals surface area contributed by atoms with Gasteiger partial charge in [-0.25, -0.2) is 0 Å². The molecule has 0 saturated heterocycles. The zero-order valence-electron chi connectivity index (χ0n) is 12.1. The third-order valence-corrected chi connectivity index (χ3v) is 4.34. The van der Waals surface area contributed by atoms with Gasteiger partial charge in [0, 0.05) is 0 Å². The third kappa shape index (κ3) is 5.58. The minimum Gasteiger partial charge on any atom is -0.0651 e. The maximum absolute atomic E-state index is 2.48. The Morgan fingerprint density at radius 1 is 0.933 bits per heavy atom. The standard InChI is InChI=1S/C15H32/c1-8-13(5)10-15(7,9-2)11-14(6)12(3)4/h12-14H,8-11H2,1-7H3. The van der Waals surface area contributed by atoms with Crippen LogP contribution < -0.4 is 0 Å². The van der Waals surface area contributed by atoms with Gasteiger partial charge in [0.1, 0.15) is 0 Å². The van der Waals surface area contributed by atoms with Crippen molar-refractivity contribution in [3.63, 3.8) is 0 Å². The van der Waals surface area contributed by atoms with Crippen molar-refractivity contribution in [1.29, 1.82) is 0 Å². The van der Waals surface area contributed by atoms with E-state index in [1.54, 1.807) is 0 Å². The van der Waals surface area contributed by atoms with Crippen LogP contribution in [0.3, 0.4) is 0 Å². The lowest BCUT2D eigenvalue weighted by molar-refractivity contribution is 0.165. The Labute approximate surface area is 97.8 Å². The maximum atomic E-state index is 2.48. The Hall–Kier alpha value is 0. The van der Waals surface area contributed by atoms with Crippen LogP contribution in [0.2, 0.25) is 0 Å². The predicted molar refractivity (Wildman–Crippen MR) is 71.1 cm³/mol. The molecule has 0 fully saturated rings. The van der Waals surface area contributed by atoms with Crippen molar-refractivity contribution in [2.75, 3.05) is 0 Å². The molecule has 0 nitrogen and oxygen atoms in total.